The van der Waals surface area contributed by atoms with Crippen molar-refractivity contribution in [2.75, 3.05) is 63.4 Å². The minimum absolute atomic E-state index is 0.103. The Hall–Kier alpha value is -5.26. The molecule has 13 nitrogen and oxygen atoms in total. The van der Waals surface area contributed by atoms with E-state index < -0.39 is 19.1 Å². The van der Waals surface area contributed by atoms with Gasteiger partial charge in [-0.1, -0.05) is 48.0 Å². The van der Waals surface area contributed by atoms with Crippen molar-refractivity contribution in [1.29, 1.82) is 0 Å². The van der Waals surface area contributed by atoms with Gasteiger partial charge in [-0.15, -0.1) is 0 Å². The number of halogens is 1. The lowest BCUT2D eigenvalue weighted by atomic mass is 10.0. The standard InChI is InChI=1S/C42H47ClN7O6P/c1-56-36-24-29(14-13-27(36)23-38-45-25-32(43)34(46-38)22-28-8-4-5-11-37(28)57(2,3)55)48-18-20-49(21-19-48)40(52)12-7-17-44-33-10-6-9-30-31(33)26-50(42(30)54)35-15-16-39(51)47-41(35)53/h4-6,8-11,13-14,24-25,35,44H,7,12,15-23,26H2,1-3H3,(H,47,51,53). The SMILES string of the molecule is COc1cc(N2CCN(C(=O)CCCNc3cccc4c3CN(C3CCC(=O)NC3=O)C4=O)CC2)ccc1Cc1ncc(Cl)c(Cc2ccccc2P(C)(C)=O)n1. The van der Waals surface area contributed by atoms with Crippen LogP contribution in [0.4, 0.5) is 11.4 Å². The molecule has 4 aromatic rings. The number of nitrogens with one attached hydrogen (secondary N) is 2. The van der Waals surface area contributed by atoms with E-state index in [-0.39, 0.29) is 24.1 Å². The van der Waals surface area contributed by atoms with E-state index in [9.17, 15) is 23.7 Å². The maximum Gasteiger partial charge on any atom is 0.255 e. The van der Waals surface area contributed by atoms with Crippen LogP contribution in [0.3, 0.4) is 0 Å². The molecule has 1 aromatic heterocycles. The van der Waals surface area contributed by atoms with E-state index in [1.807, 2.05) is 53.4 Å². The van der Waals surface area contributed by atoms with Crippen LogP contribution >= 0.6 is 18.7 Å². The number of carbonyl (C=O) groups is 4. The van der Waals surface area contributed by atoms with E-state index in [4.69, 9.17) is 21.3 Å². The van der Waals surface area contributed by atoms with Gasteiger partial charge in [-0.2, -0.15) is 0 Å². The molecule has 3 aromatic carbocycles. The van der Waals surface area contributed by atoms with E-state index in [1.165, 1.54) is 0 Å². The zero-order valence-corrected chi connectivity index (χ0v) is 34.1. The monoisotopic (exact) mass is 811 g/mol. The Morgan fingerprint density at radius 3 is 2.54 bits per heavy atom. The van der Waals surface area contributed by atoms with Crippen LogP contribution < -0.4 is 25.6 Å². The van der Waals surface area contributed by atoms with Crippen LogP contribution in [0.5, 0.6) is 5.75 Å². The van der Waals surface area contributed by atoms with Gasteiger partial charge in [0.05, 0.1) is 17.8 Å². The molecule has 298 valence electrons. The summed E-state index contributed by atoms with van der Waals surface area (Å²) in [4.78, 5) is 65.4. The minimum atomic E-state index is -2.49. The summed E-state index contributed by atoms with van der Waals surface area (Å²) < 4.78 is 18.7. The van der Waals surface area contributed by atoms with Crippen molar-refractivity contribution in [3.63, 3.8) is 0 Å². The van der Waals surface area contributed by atoms with Crippen LogP contribution in [-0.4, -0.2) is 103 Å². The second-order valence-corrected chi connectivity index (χ2v) is 18.6. The van der Waals surface area contributed by atoms with Crippen LogP contribution in [0.2, 0.25) is 5.02 Å². The molecule has 2 fully saturated rings. The van der Waals surface area contributed by atoms with E-state index in [0.29, 0.717) is 93.5 Å². The predicted octanol–water partition coefficient (Wildman–Crippen LogP) is 4.87. The number of amides is 4. The maximum atomic E-state index is 13.2. The third kappa shape index (κ3) is 9.00. The molecule has 0 radical (unpaired) electrons. The third-order valence-corrected chi connectivity index (χ3v) is 12.8. The Bertz CT molecular complexity index is 2260. The van der Waals surface area contributed by atoms with Crippen LogP contribution in [-0.2, 0) is 38.3 Å². The Morgan fingerprint density at radius 2 is 1.79 bits per heavy atom. The smallest absolute Gasteiger partial charge is 0.255 e. The highest BCUT2D eigenvalue weighted by molar-refractivity contribution is 7.70. The molecule has 3 aliphatic heterocycles. The summed E-state index contributed by atoms with van der Waals surface area (Å²) in [5, 5.41) is 7.03. The zero-order valence-electron chi connectivity index (χ0n) is 32.4. The van der Waals surface area contributed by atoms with E-state index in [1.54, 1.807) is 37.6 Å². The molecule has 2 N–H and O–H groups in total. The van der Waals surface area contributed by atoms with Gasteiger partial charge < -0.3 is 29.3 Å². The summed E-state index contributed by atoms with van der Waals surface area (Å²) in [6.45, 7) is 6.97. The molecule has 0 spiro atoms. The number of nitrogens with zero attached hydrogens (tertiary/aromatic N) is 5. The molecule has 3 aliphatic rings. The fraction of sp³-hybridized carbons (Fsp3) is 0.381. The van der Waals surface area contributed by atoms with Crippen LogP contribution in [0, 0.1) is 0 Å². The van der Waals surface area contributed by atoms with Gasteiger partial charge in [0.1, 0.15) is 24.8 Å². The first-order valence-electron chi connectivity index (χ1n) is 19.2. The number of piperazine rings is 1. The molecule has 4 heterocycles. The van der Waals surface area contributed by atoms with E-state index in [2.05, 4.69) is 26.6 Å². The fourth-order valence-electron chi connectivity index (χ4n) is 7.85. The normalized spacial score (nSPS) is 17.1. The minimum Gasteiger partial charge on any atom is -0.496 e. The van der Waals surface area contributed by atoms with Gasteiger partial charge in [0, 0.05) is 111 Å². The van der Waals surface area contributed by atoms with Crippen LogP contribution in [0.15, 0.2) is 66.9 Å². The van der Waals surface area contributed by atoms with Crippen molar-refractivity contribution in [3.8, 4) is 5.75 Å². The Balaban J connectivity index is 0.897. The number of methoxy groups -OCH3 is 1. The molecule has 0 saturated carbocycles. The lowest BCUT2D eigenvalue weighted by Gasteiger charge is -2.36. The Labute approximate surface area is 337 Å². The van der Waals surface area contributed by atoms with Gasteiger partial charge >= 0.3 is 0 Å². The van der Waals surface area contributed by atoms with Gasteiger partial charge in [-0.25, -0.2) is 9.97 Å². The molecule has 1 atom stereocenters. The predicted molar refractivity (Wildman–Crippen MR) is 220 cm³/mol. The summed E-state index contributed by atoms with van der Waals surface area (Å²) in [5.74, 6) is 0.470. The van der Waals surface area contributed by atoms with Crippen LogP contribution in [0.25, 0.3) is 0 Å². The van der Waals surface area contributed by atoms with Crippen molar-refractivity contribution in [3.05, 3.63) is 106 Å². The first-order chi connectivity index (χ1) is 27.4. The number of imide groups is 1. The van der Waals surface area contributed by atoms with Crippen molar-refractivity contribution < 1.29 is 28.5 Å². The van der Waals surface area contributed by atoms with Gasteiger partial charge in [-0.05, 0) is 49.9 Å². The lowest BCUT2D eigenvalue weighted by molar-refractivity contribution is -0.137. The number of benzene rings is 3. The fourth-order valence-corrected chi connectivity index (χ4v) is 9.30. The summed E-state index contributed by atoms with van der Waals surface area (Å²) in [6.07, 6.45) is 4.05. The number of carbonyl (C=O) groups excluding carboxylic acids is 4. The second-order valence-electron chi connectivity index (χ2n) is 15.0. The highest BCUT2D eigenvalue weighted by atomic mass is 35.5. The van der Waals surface area contributed by atoms with Crippen molar-refractivity contribution >= 4 is 59.1 Å². The molecule has 0 bridgehead atoms. The van der Waals surface area contributed by atoms with Crippen molar-refractivity contribution in [2.24, 2.45) is 0 Å². The maximum absolute atomic E-state index is 13.2. The van der Waals surface area contributed by atoms with Crippen molar-refractivity contribution in [2.45, 2.75) is 51.1 Å². The van der Waals surface area contributed by atoms with Gasteiger partial charge in [0.15, 0.2) is 0 Å². The molecule has 0 aliphatic carbocycles. The van der Waals surface area contributed by atoms with E-state index in [0.717, 1.165) is 39.1 Å². The third-order valence-electron chi connectivity index (χ3n) is 10.9. The molecule has 15 heteroatoms. The average molecular weight is 812 g/mol. The van der Waals surface area contributed by atoms with Gasteiger partial charge in [-0.3, -0.25) is 24.5 Å². The number of ether oxygens (including phenoxy) is 1. The van der Waals surface area contributed by atoms with Crippen molar-refractivity contribution in [1.82, 2.24) is 25.1 Å². The number of piperidine rings is 1. The molecule has 2 saturated heterocycles. The number of fused-ring (bicyclic) bond motifs is 1. The molecular weight excluding hydrogens is 765 g/mol. The topological polar surface area (TPSA) is 154 Å². The average Bonchev–Trinajstić information content (AvgIpc) is 3.53. The zero-order chi connectivity index (χ0) is 40.3. The highest BCUT2D eigenvalue weighted by Crippen LogP contribution is 2.37. The number of hydrogen-bond acceptors (Lipinski definition) is 10. The number of aromatic nitrogens is 2. The summed E-state index contributed by atoms with van der Waals surface area (Å²) >= 11 is 6.54. The highest BCUT2D eigenvalue weighted by Gasteiger charge is 2.40. The summed E-state index contributed by atoms with van der Waals surface area (Å²) in [6, 6.07) is 18.6. The summed E-state index contributed by atoms with van der Waals surface area (Å²) in [5.41, 5.74) is 5.75. The number of anilines is 2. The largest absolute Gasteiger partial charge is 0.496 e. The summed E-state index contributed by atoms with van der Waals surface area (Å²) in [7, 11) is -0.843. The Morgan fingerprint density at radius 1 is 1.00 bits per heavy atom. The molecule has 1 unspecified atom stereocenters. The molecular formula is C42H47ClN7O6P. The second kappa shape index (κ2) is 17.1. The van der Waals surface area contributed by atoms with E-state index >= 15 is 0 Å². The van der Waals surface area contributed by atoms with Gasteiger partial charge in [0.2, 0.25) is 17.7 Å². The first-order valence-corrected chi connectivity index (χ1v) is 22.2. The number of rotatable bonds is 13. The lowest BCUT2D eigenvalue weighted by Crippen LogP contribution is -2.52. The van der Waals surface area contributed by atoms with Crippen LogP contribution in [0.1, 0.15) is 64.2 Å². The first kappa shape index (κ1) is 40.0. The Kier molecular flexibility index (Phi) is 12.0. The molecule has 7 rings (SSSR count). The number of hydrogen-bond donors (Lipinski definition) is 2. The van der Waals surface area contributed by atoms with Gasteiger partial charge in [0.25, 0.3) is 5.91 Å². The quantitative estimate of drug-likeness (QED) is 0.109. The molecule has 4 amide bonds. The molecule has 57 heavy (non-hydrogen) atoms.